The van der Waals surface area contributed by atoms with Gasteiger partial charge in [0.15, 0.2) is 0 Å². The minimum absolute atomic E-state index is 0. The number of unbranched alkanes of at least 4 members (excludes halogenated alkanes) is 2. The fourth-order valence-corrected chi connectivity index (χ4v) is 3.09. The number of hydrogen-bond acceptors (Lipinski definition) is 0. The van der Waals surface area contributed by atoms with Gasteiger partial charge in [-0.05, 0) is 0 Å². The quantitative estimate of drug-likeness (QED) is 0.440. The van der Waals surface area contributed by atoms with E-state index in [2.05, 4.69) is 13.8 Å². The third kappa shape index (κ3) is 17.8. The Hall–Kier alpha value is 0.0769. The molecule has 0 aromatic rings. The van der Waals surface area contributed by atoms with Gasteiger partial charge in [0.2, 0.25) is 0 Å². The molecule has 0 aliphatic rings. The van der Waals surface area contributed by atoms with E-state index in [9.17, 15) is 0 Å². The molecule has 0 nitrogen and oxygen atoms in total. The van der Waals surface area contributed by atoms with Crippen LogP contribution < -0.4 is 0 Å². The van der Waals surface area contributed by atoms with Crippen molar-refractivity contribution in [3.63, 3.8) is 0 Å². The Balaban J connectivity index is -0.000000320. The molecule has 0 bridgehead atoms. The van der Waals surface area contributed by atoms with Gasteiger partial charge in [0, 0.05) is 9.52 Å². The van der Waals surface area contributed by atoms with Gasteiger partial charge < -0.3 is 0 Å². The standard InChI is InChI=1S/C8H20Si.2FH/c1-3-5-7-9-8-6-4-2;;/h3-9H2,1-2H3;2*1H. The largest absolute Gasteiger partial charge is 0.269 e. The number of halogens is 2. The second kappa shape index (κ2) is 16.6. The summed E-state index contributed by atoms with van der Waals surface area (Å²) in [6, 6.07) is 3.19. The van der Waals surface area contributed by atoms with Crippen molar-refractivity contribution in [3.05, 3.63) is 0 Å². The first kappa shape index (κ1) is 17.2. The van der Waals surface area contributed by atoms with E-state index in [-0.39, 0.29) is 9.41 Å². The third-order valence-corrected chi connectivity index (χ3v) is 3.71. The maximum Gasteiger partial charge on any atom is 0.0197 e. The van der Waals surface area contributed by atoms with Gasteiger partial charge in [0.25, 0.3) is 0 Å². The molecule has 0 saturated carbocycles. The Morgan fingerprint density at radius 3 is 1.45 bits per heavy atom. The van der Waals surface area contributed by atoms with Crippen LogP contribution in [0, 0.1) is 0 Å². The second-order valence-corrected chi connectivity index (χ2v) is 4.89. The Labute approximate surface area is 71.3 Å². The minimum atomic E-state index is 0. The third-order valence-electron chi connectivity index (χ3n) is 1.71. The maximum atomic E-state index is 2.29. The first-order valence-corrected chi connectivity index (χ1v) is 6.41. The lowest BCUT2D eigenvalue weighted by Crippen LogP contribution is -1.87. The van der Waals surface area contributed by atoms with Gasteiger partial charge >= 0.3 is 0 Å². The van der Waals surface area contributed by atoms with Crippen molar-refractivity contribution >= 4 is 9.52 Å². The van der Waals surface area contributed by atoms with Crippen molar-refractivity contribution < 1.29 is 9.41 Å². The van der Waals surface area contributed by atoms with Gasteiger partial charge in [-0.2, -0.15) is 0 Å². The van der Waals surface area contributed by atoms with E-state index in [0.29, 0.717) is 9.52 Å². The van der Waals surface area contributed by atoms with Crippen LogP contribution in [-0.2, 0) is 0 Å². The molecule has 11 heavy (non-hydrogen) atoms. The normalized spacial score (nSPS) is 8.18. The summed E-state index contributed by atoms with van der Waals surface area (Å²) in [5.74, 6) is 0. The SMILES string of the molecule is CCCC[SiH2]CCCC.F.F. The van der Waals surface area contributed by atoms with E-state index in [1.165, 1.54) is 25.7 Å². The molecule has 0 fully saturated rings. The summed E-state index contributed by atoms with van der Waals surface area (Å²) < 4.78 is 0. The van der Waals surface area contributed by atoms with Gasteiger partial charge in [0.1, 0.15) is 0 Å². The highest BCUT2D eigenvalue weighted by Crippen LogP contribution is 1.99. The van der Waals surface area contributed by atoms with Gasteiger partial charge in [-0.3, -0.25) is 9.41 Å². The Kier molecular flexibility index (Phi) is 26.0. The van der Waals surface area contributed by atoms with Crippen molar-refractivity contribution in [2.45, 2.75) is 51.6 Å². The highest BCUT2D eigenvalue weighted by molar-refractivity contribution is 6.35. The molecule has 0 heterocycles. The highest BCUT2D eigenvalue weighted by atomic mass is 28.2. The van der Waals surface area contributed by atoms with Crippen molar-refractivity contribution in [2.75, 3.05) is 0 Å². The molecule has 72 valence electrons. The van der Waals surface area contributed by atoms with Crippen LogP contribution >= 0.6 is 0 Å². The van der Waals surface area contributed by atoms with E-state index in [4.69, 9.17) is 0 Å². The molecule has 0 aliphatic carbocycles. The molecular weight excluding hydrogens is 162 g/mol. The van der Waals surface area contributed by atoms with Crippen molar-refractivity contribution in [2.24, 2.45) is 0 Å². The fourth-order valence-electron chi connectivity index (χ4n) is 1.03. The summed E-state index contributed by atoms with van der Waals surface area (Å²) >= 11 is 0. The molecule has 0 atom stereocenters. The molecule has 3 heteroatoms. The molecule has 0 unspecified atom stereocenters. The molecule has 0 aromatic heterocycles. The summed E-state index contributed by atoms with van der Waals surface area (Å²) in [7, 11) is 0.389. The predicted octanol–water partition coefficient (Wildman–Crippen LogP) is 2.90. The first-order chi connectivity index (χ1) is 4.41. The second-order valence-electron chi connectivity index (χ2n) is 2.77. The predicted molar refractivity (Wildman–Crippen MR) is 53.0 cm³/mol. The zero-order chi connectivity index (χ0) is 6.95. The van der Waals surface area contributed by atoms with Crippen LogP contribution in [0.3, 0.4) is 0 Å². The van der Waals surface area contributed by atoms with Crippen LogP contribution in [0.4, 0.5) is 9.41 Å². The van der Waals surface area contributed by atoms with E-state index in [0.717, 1.165) is 0 Å². The number of rotatable bonds is 6. The smallest absolute Gasteiger partial charge is 0.0197 e. The Bertz CT molecular complexity index is 45.4. The van der Waals surface area contributed by atoms with Crippen LogP contribution in [0.5, 0.6) is 0 Å². The molecule has 0 radical (unpaired) electrons. The minimum Gasteiger partial charge on any atom is -0.269 e. The van der Waals surface area contributed by atoms with E-state index >= 15 is 0 Å². The molecule has 0 amide bonds. The van der Waals surface area contributed by atoms with Crippen molar-refractivity contribution in [1.82, 2.24) is 0 Å². The molecule has 0 aromatic carbocycles. The van der Waals surface area contributed by atoms with Crippen molar-refractivity contribution in [3.8, 4) is 0 Å². The lowest BCUT2D eigenvalue weighted by molar-refractivity contribution is 0.851. The average Bonchev–Trinajstić information content (AvgIpc) is 1.89. The Morgan fingerprint density at radius 2 is 1.18 bits per heavy atom. The number of hydrogen-bond donors (Lipinski definition) is 0. The monoisotopic (exact) mass is 184 g/mol. The maximum absolute atomic E-state index is 2.29. The molecule has 0 saturated heterocycles. The van der Waals surface area contributed by atoms with Crippen LogP contribution in [0.15, 0.2) is 0 Å². The zero-order valence-electron chi connectivity index (χ0n) is 7.77. The Morgan fingerprint density at radius 1 is 0.818 bits per heavy atom. The van der Waals surface area contributed by atoms with E-state index < -0.39 is 0 Å². The van der Waals surface area contributed by atoms with Gasteiger partial charge in [-0.25, -0.2) is 0 Å². The molecule has 0 N–H and O–H groups in total. The fraction of sp³-hybridized carbons (Fsp3) is 1.00. The van der Waals surface area contributed by atoms with E-state index in [1.54, 1.807) is 12.1 Å². The zero-order valence-corrected chi connectivity index (χ0v) is 9.18. The van der Waals surface area contributed by atoms with Gasteiger partial charge in [0.05, 0.1) is 0 Å². The van der Waals surface area contributed by atoms with Gasteiger partial charge in [-0.1, -0.05) is 51.6 Å². The molecule has 0 aliphatic heterocycles. The molecule has 0 spiro atoms. The van der Waals surface area contributed by atoms with Crippen LogP contribution in [0.25, 0.3) is 0 Å². The topological polar surface area (TPSA) is 0 Å². The highest BCUT2D eigenvalue weighted by Gasteiger charge is 1.86. The summed E-state index contributed by atoms with van der Waals surface area (Å²) in [6.45, 7) is 4.57. The van der Waals surface area contributed by atoms with Crippen LogP contribution in [-0.4, -0.2) is 9.52 Å². The van der Waals surface area contributed by atoms with Gasteiger partial charge in [-0.15, -0.1) is 0 Å². The summed E-state index contributed by atoms with van der Waals surface area (Å²) in [5.41, 5.74) is 0. The average molecular weight is 184 g/mol. The lowest BCUT2D eigenvalue weighted by atomic mass is 10.4. The van der Waals surface area contributed by atoms with E-state index in [1.807, 2.05) is 0 Å². The van der Waals surface area contributed by atoms with Crippen molar-refractivity contribution in [1.29, 1.82) is 0 Å². The van der Waals surface area contributed by atoms with Crippen LogP contribution in [0.1, 0.15) is 39.5 Å². The summed E-state index contributed by atoms with van der Waals surface area (Å²) in [6.07, 6.45) is 5.80. The van der Waals surface area contributed by atoms with Crippen LogP contribution in [0.2, 0.25) is 12.1 Å². The lowest BCUT2D eigenvalue weighted by Gasteiger charge is -1.95. The summed E-state index contributed by atoms with van der Waals surface area (Å²) in [4.78, 5) is 0. The summed E-state index contributed by atoms with van der Waals surface area (Å²) in [5, 5.41) is 0. The molecular formula is C8H22F2Si. The molecule has 0 rings (SSSR count). The first-order valence-electron chi connectivity index (χ1n) is 4.41.